The van der Waals surface area contributed by atoms with Gasteiger partial charge in [-0.05, 0) is 37.3 Å². The van der Waals surface area contributed by atoms with Crippen molar-refractivity contribution in [3.8, 4) is 23.8 Å². The van der Waals surface area contributed by atoms with Crippen molar-refractivity contribution in [2.75, 3.05) is 6.61 Å². The van der Waals surface area contributed by atoms with E-state index in [2.05, 4.69) is 16.4 Å². The minimum Gasteiger partial charge on any atom is -0.481 e. The normalized spacial score (nSPS) is 11.6. The molecule has 0 aromatic heterocycles. The predicted octanol–water partition coefficient (Wildman–Crippen LogP) is 3.27. The highest BCUT2D eigenvalue weighted by Gasteiger charge is 2.14. The molecule has 0 fully saturated rings. The van der Waals surface area contributed by atoms with E-state index in [0.717, 1.165) is 0 Å². The Morgan fingerprint density at radius 3 is 2.92 bits per heavy atom. The second kappa shape index (κ2) is 9.36. The first kappa shape index (κ1) is 18.4. The maximum atomic E-state index is 12.0. The standard InChI is InChI=1S/C19H17ClN2O3/c1-3-11-24-18-10-5-4-7-15(18)13-21-22-19(23)14(2)25-17-9-6-8-16(20)12-17/h1,4-10,12-14H,11H2,2H3,(H,22,23)/b21-13+. The van der Waals surface area contributed by atoms with Gasteiger partial charge in [-0.2, -0.15) is 5.10 Å². The highest BCUT2D eigenvalue weighted by molar-refractivity contribution is 6.30. The maximum absolute atomic E-state index is 12.0. The molecular weight excluding hydrogens is 340 g/mol. The summed E-state index contributed by atoms with van der Waals surface area (Å²) in [6, 6.07) is 14.0. The van der Waals surface area contributed by atoms with E-state index in [9.17, 15) is 4.79 Å². The zero-order valence-electron chi connectivity index (χ0n) is 13.6. The first-order valence-corrected chi connectivity index (χ1v) is 7.88. The fourth-order valence-electron chi connectivity index (χ4n) is 1.89. The van der Waals surface area contributed by atoms with E-state index in [1.807, 2.05) is 12.1 Å². The first-order chi connectivity index (χ1) is 12.1. The second-order valence-electron chi connectivity index (χ2n) is 4.98. The van der Waals surface area contributed by atoms with Crippen molar-refractivity contribution in [3.05, 3.63) is 59.1 Å². The topological polar surface area (TPSA) is 59.9 Å². The number of carbonyl (C=O) groups excluding carboxylic acids is 1. The molecule has 0 aliphatic carbocycles. The molecular formula is C19H17ClN2O3. The molecule has 5 nitrogen and oxygen atoms in total. The average molecular weight is 357 g/mol. The maximum Gasteiger partial charge on any atom is 0.280 e. The molecule has 128 valence electrons. The molecule has 1 amide bonds. The third-order valence-electron chi connectivity index (χ3n) is 3.09. The van der Waals surface area contributed by atoms with Crippen LogP contribution in [0.25, 0.3) is 0 Å². The molecule has 2 aromatic carbocycles. The lowest BCUT2D eigenvalue weighted by atomic mass is 10.2. The summed E-state index contributed by atoms with van der Waals surface area (Å²) in [6.07, 6.45) is 5.93. The number of halogens is 1. The quantitative estimate of drug-likeness (QED) is 0.470. The van der Waals surface area contributed by atoms with Gasteiger partial charge in [0.1, 0.15) is 18.1 Å². The lowest BCUT2D eigenvalue weighted by Crippen LogP contribution is -2.33. The van der Waals surface area contributed by atoms with Crippen molar-refractivity contribution in [2.24, 2.45) is 5.10 Å². The van der Waals surface area contributed by atoms with Crippen LogP contribution in [-0.2, 0) is 4.79 Å². The molecule has 2 aromatic rings. The molecule has 6 heteroatoms. The van der Waals surface area contributed by atoms with Crippen LogP contribution in [0.15, 0.2) is 53.6 Å². The van der Waals surface area contributed by atoms with E-state index in [0.29, 0.717) is 22.1 Å². The second-order valence-corrected chi connectivity index (χ2v) is 5.42. The van der Waals surface area contributed by atoms with Crippen molar-refractivity contribution >= 4 is 23.7 Å². The molecule has 2 rings (SSSR count). The van der Waals surface area contributed by atoms with Gasteiger partial charge in [-0.1, -0.05) is 35.7 Å². The van der Waals surface area contributed by atoms with E-state index in [1.165, 1.54) is 6.21 Å². The highest BCUT2D eigenvalue weighted by Crippen LogP contribution is 2.18. The minimum atomic E-state index is -0.733. The minimum absolute atomic E-state index is 0.154. The van der Waals surface area contributed by atoms with Crippen LogP contribution < -0.4 is 14.9 Å². The number of terminal acetylenes is 1. The molecule has 0 heterocycles. The summed E-state index contributed by atoms with van der Waals surface area (Å²) in [7, 11) is 0. The molecule has 0 saturated heterocycles. The van der Waals surface area contributed by atoms with E-state index < -0.39 is 12.0 Å². The summed E-state index contributed by atoms with van der Waals surface area (Å²) in [5.74, 6) is 3.10. The fraction of sp³-hybridized carbons (Fsp3) is 0.158. The first-order valence-electron chi connectivity index (χ1n) is 7.50. The zero-order valence-corrected chi connectivity index (χ0v) is 14.4. The van der Waals surface area contributed by atoms with Gasteiger partial charge in [-0.25, -0.2) is 5.43 Å². The van der Waals surface area contributed by atoms with Crippen molar-refractivity contribution in [1.82, 2.24) is 5.43 Å². The molecule has 0 aliphatic rings. The smallest absolute Gasteiger partial charge is 0.280 e. The van der Waals surface area contributed by atoms with Gasteiger partial charge < -0.3 is 9.47 Å². The van der Waals surface area contributed by atoms with Gasteiger partial charge >= 0.3 is 0 Å². The summed E-state index contributed by atoms with van der Waals surface area (Å²) in [5.41, 5.74) is 3.12. The Bertz CT molecular complexity index is 799. The number of carbonyl (C=O) groups is 1. The number of rotatable bonds is 7. The Hall–Kier alpha value is -2.97. The molecule has 0 saturated carbocycles. The summed E-state index contributed by atoms with van der Waals surface area (Å²) < 4.78 is 10.9. The number of nitrogens with zero attached hydrogens (tertiary/aromatic N) is 1. The van der Waals surface area contributed by atoms with Gasteiger partial charge in [0, 0.05) is 10.6 Å². The van der Waals surface area contributed by atoms with Crippen molar-refractivity contribution < 1.29 is 14.3 Å². The van der Waals surface area contributed by atoms with Crippen LogP contribution in [0, 0.1) is 12.3 Å². The number of amides is 1. The number of hydrazone groups is 1. The number of para-hydroxylation sites is 1. The van der Waals surface area contributed by atoms with Gasteiger partial charge in [0.15, 0.2) is 6.10 Å². The van der Waals surface area contributed by atoms with Crippen LogP contribution >= 0.6 is 11.6 Å². The van der Waals surface area contributed by atoms with Crippen LogP contribution in [-0.4, -0.2) is 24.8 Å². The molecule has 1 unspecified atom stereocenters. The van der Waals surface area contributed by atoms with Crippen LogP contribution in [0.4, 0.5) is 0 Å². The Morgan fingerprint density at radius 2 is 2.16 bits per heavy atom. The summed E-state index contributed by atoms with van der Waals surface area (Å²) >= 11 is 5.88. The van der Waals surface area contributed by atoms with Crippen LogP contribution in [0.1, 0.15) is 12.5 Å². The fourth-order valence-corrected chi connectivity index (χ4v) is 2.07. The largest absolute Gasteiger partial charge is 0.481 e. The van der Waals surface area contributed by atoms with Crippen molar-refractivity contribution in [2.45, 2.75) is 13.0 Å². The number of hydrogen-bond acceptors (Lipinski definition) is 4. The zero-order chi connectivity index (χ0) is 18.1. The Labute approximate surface area is 151 Å². The molecule has 0 aliphatic heterocycles. The molecule has 0 bridgehead atoms. The van der Waals surface area contributed by atoms with Gasteiger partial charge in [-0.15, -0.1) is 6.42 Å². The van der Waals surface area contributed by atoms with Gasteiger partial charge in [-0.3, -0.25) is 4.79 Å². The van der Waals surface area contributed by atoms with Gasteiger partial charge in [0.2, 0.25) is 0 Å². The lowest BCUT2D eigenvalue weighted by Gasteiger charge is -2.13. The molecule has 0 radical (unpaired) electrons. The molecule has 1 atom stereocenters. The van der Waals surface area contributed by atoms with E-state index in [1.54, 1.807) is 43.3 Å². The van der Waals surface area contributed by atoms with E-state index >= 15 is 0 Å². The number of hydrogen-bond donors (Lipinski definition) is 1. The third kappa shape index (κ3) is 5.87. The monoisotopic (exact) mass is 356 g/mol. The molecule has 0 spiro atoms. The van der Waals surface area contributed by atoms with Crippen molar-refractivity contribution in [3.63, 3.8) is 0 Å². The van der Waals surface area contributed by atoms with E-state index in [-0.39, 0.29) is 6.61 Å². The molecule has 25 heavy (non-hydrogen) atoms. The van der Waals surface area contributed by atoms with Crippen LogP contribution in [0.2, 0.25) is 5.02 Å². The number of nitrogens with one attached hydrogen (secondary N) is 1. The SMILES string of the molecule is C#CCOc1ccccc1/C=N/NC(=O)C(C)Oc1cccc(Cl)c1. The average Bonchev–Trinajstić information content (AvgIpc) is 2.60. The Kier molecular flexibility index (Phi) is 6.87. The summed E-state index contributed by atoms with van der Waals surface area (Å²) in [5, 5.41) is 4.46. The number of benzene rings is 2. The van der Waals surface area contributed by atoms with Gasteiger partial charge in [0.05, 0.1) is 6.21 Å². The van der Waals surface area contributed by atoms with Crippen LogP contribution in [0.5, 0.6) is 11.5 Å². The van der Waals surface area contributed by atoms with E-state index in [4.69, 9.17) is 27.5 Å². The lowest BCUT2D eigenvalue weighted by molar-refractivity contribution is -0.127. The van der Waals surface area contributed by atoms with Crippen LogP contribution in [0.3, 0.4) is 0 Å². The Balaban J connectivity index is 1.93. The van der Waals surface area contributed by atoms with Crippen molar-refractivity contribution in [1.29, 1.82) is 0 Å². The number of ether oxygens (including phenoxy) is 2. The highest BCUT2D eigenvalue weighted by atomic mass is 35.5. The third-order valence-corrected chi connectivity index (χ3v) is 3.32. The Morgan fingerprint density at radius 1 is 1.36 bits per heavy atom. The summed E-state index contributed by atoms with van der Waals surface area (Å²) in [6.45, 7) is 1.78. The predicted molar refractivity (Wildman–Crippen MR) is 98.0 cm³/mol. The summed E-state index contributed by atoms with van der Waals surface area (Å²) in [4.78, 5) is 12.0. The van der Waals surface area contributed by atoms with Gasteiger partial charge in [0.25, 0.3) is 5.91 Å². The molecule has 1 N–H and O–H groups in total.